The van der Waals surface area contributed by atoms with Crippen molar-refractivity contribution in [3.8, 4) is 0 Å². The lowest BCUT2D eigenvalue weighted by atomic mass is 9.82. The molecule has 0 unspecified atom stereocenters. The van der Waals surface area contributed by atoms with E-state index in [-0.39, 0.29) is 11.4 Å². The van der Waals surface area contributed by atoms with Gasteiger partial charge in [-0.15, -0.1) is 0 Å². The summed E-state index contributed by atoms with van der Waals surface area (Å²) in [4.78, 5) is 2.22. The molecule has 0 radical (unpaired) electrons. The second-order valence-electron chi connectivity index (χ2n) is 8.00. The zero-order valence-electron chi connectivity index (χ0n) is 14.1. The van der Waals surface area contributed by atoms with Crippen LogP contribution in [-0.2, 0) is 6.54 Å². The summed E-state index contributed by atoms with van der Waals surface area (Å²) in [5.41, 5.74) is 2.27. The van der Waals surface area contributed by atoms with Gasteiger partial charge >= 0.3 is 0 Å². The van der Waals surface area contributed by atoms with E-state index in [0.717, 1.165) is 37.2 Å². The highest BCUT2D eigenvalue weighted by molar-refractivity contribution is 5.55. The maximum Gasteiger partial charge on any atom is 0.146 e. The zero-order valence-corrected chi connectivity index (χ0v) is 14.1. The van der Waals surface area contributed by atoms with Gasteiger partial charge in [-0.25, -0.2) is 4.39 Å². The van der Waals surface area contributed by atoms with Gasteiger partial charge < -0.3 is 10.2 Å². The lowest BCUT2D eigenvalue weighted by Gasteiger charge is -2.39. The lowest BCUT2D eigenvalue weighted by Crippen LogP contribution is -2.39. The Balaban J connectivity index is 2.18. The highest BCUT2D eigenvalue weighted by Crippen LogP contribution is 2.34. The summed E-state index contributed by atoms with van der Waals surface area (Å²) < 4.78 is 14.4. The van der Waals surface area contributed by atoms with E-state index in [1.165, 1.54) is 0 Å². The van der Waals surface area contributed by atoms with Crippen LogP contribution in [0.2, 0.25) is 0 Å². The van der Waals surface area contributed by atoms with Crippen LogP contribution in [0.3, 0.4) is 0 Å². The molecule has 118 valence electrons. The Morgan fingerprint density at radius 2 is 1.81 bits per heavy atom. The molecule has 0 spiro atoms. The third-order valence-corrected chi connectivity index (χ3v) is 4.31. The number of hydrogen-bond donors (Lipinski definition) is 1. The molecule has 0 aromatic heterocycles. The second kappa shape index (κ2) is 5.96. The molecule has 2 nitrogen and oxygen atoms in total. The monoisotopic (exact) mass is 292 g/mol. The van der Waals surface area contributed by atoms with Crippen LogP contribution in [0.15, 0.2) is 18.2 Å². The largest absolute Gasteiger partial charge is 0.369 e. The first-order chi connectivity index (χ1) is 9.68. The topological polar surface area (TPSA) is 15.3 Å². The van der Waals surface area contributed by atoms with E-state index in [1.807, 2.05) is 12.1 Å². The van der Waals surface area contributed by atoms with Crippen LogP contribution >= 0.6 is 0 Å². The molecule has 3 heteroatoms. The summed E-state index contributed by atoms with van der Waals surface area (Å²) in [6.45, 7) is 13.6. The summed E-state index contributed by atoms with van der Waals surface area (Å²) >= 11 is 0. The van der Waals surface area contributed by atoms with Crippen molar-refractivity contribution < 1.29 is 4.39 Å². The number of para-hydroxylation sites is 1. The van der Waals surface area contributed by atoms with E-state index in [4.69, 9.17) is 0 Å². The number of halogens is 1. The first-order valence-electron chi connectivity index (χ1n) is 7.95. The Kier molecular flexibility index (Phi) is 4.62. The number of piperidine rings is 1. The Labute approximate surface area is 128 Å². The summed E-state index contributed by atoms with van der Waals surface area (Å²) in [5.74, 6) is -0.0945. The van der Waals surface area contributed by atoms with Crippen LogP contribution in [0.1, 0.15) is 53.0 Å². The Hall–Kier alpha value is -1.09. The number of rotatable bonds is 3. The van der Waals surface area contributed by atoms with Gasteiger partial charge in [0.05, 0.1) is 5.69 Å². The predicted molar refractivity (Wildman–Crippen MR) is 88.2 cm³/mol. The van der Waals surface area contributed by atoms with Gasteiger partial charge in [0.2, 0.25) is 0 Å². The molecule has 0 aliphatic carbocycles. The molecule has 1 fully saturated rings. The Bertz CT molecular complexity index is 478. The average molecular weight is 292 g/mol. The van der Waals surface area contributed by atoms with E-state index in [1.54, 1.807) is 6.07 Å². The van der Waals surface area contributed by atoms with Crippen LogP contribution in [0.25, 0.3) is 0 Å². The lowest BCUT2D eigenvalue weighted by molar-refractivity contribution is 0.278. The molecule has 0 saturated carbocycles. The third kappa shape index (κ3) is 4.44. The number of benzene rings is 1. The van der Waals surface area contributed by atoms with Gasteiger partial charge in [-0.05, 0) is 50.7 Å². The maximum absolute atomic E-state index is 14.4. The first-order valence-corrected chi connectivity index (χ1v) is 7.95. The van der Waals surface area contributed by atoms with Gasteiger partial charge in [0.1, 0.15) is 5.82 Å². The minimum atomic E-state index is -0.0945. The molecule has 0 atom stereocenters. The molecular formula is C18H29FN2. The molecule has 1 aromatic rings. The van der Waals surface area contributed by atoms with Gasteiger partial charge in [0.15, 0.2) is 0 Å². The van der Waals surface area contributed by atoms with E-state index in [2.05, 4.69) is 44.8 Å². The fourth-order valence-corrected chi connectivity index (χ4v) is 2.75. The maximum atomic E-state index is 14.4. The standard InChI is InChI=1S/C18H29FN2/c1-17(2,3)20-13-14-7-6-8-15(19)16(14)21-11-9-18(4,5)10-12-21/h6-8,20H,9-13H2,1-5H3. The van der Waals surface area contributed by atoms with Crippen molar-refractivity contribution in [1.82, 2.24) is 5.32 Å². The van der Waals surface area contributed by atoms with Crippen molar-refractivity contribution in [3.05, 3.63) is 29.6 Å². The quantitative estimate of drug-likeness (QED) is 0.891. The molecule has 1 saturated heterocycles. The average Bonchev–Trinajstić information content (AvgIpc) is 2.36. The van der Waals surface area contributed by atoms with E-state index in [0.29, 0.717) is 12.0 Å². The van der Waals surface area contributed by atoms with E-state index < -0.39 is 0 Å². The highest BCUT2D eigenvalue weighted by Gasteiger charge is 2.27. The normalized spacial score (nSPS) is 18.9. The summed E-state index contributed by atoms with van der Waals surface area (Å²) in [5, 5.41) is 3.47. The van der Waals surface area contributed by atoms with Gasteiger partial charge in [0, 0.05) is 25.2 Å². The minimum Gasteiger partial charge on any atom is -0.369 e. The predicted octanol–water partition coefficient (Wildman–Crippen LogP) is 4.34. The molecule has 1 N–H and O–H groups in total. The first kappa shape index (κ1) is 16.3. The minimum absolute atomic E-state index is 0.0352. The molecule has 0 bridgehead atoms. The molecule has 1 aromatic carbocycles. The summed E-state index contributed by atoms with van der Waals surface area (Å²) in [6.07, 6.45) is 2.24. The van der Waals surface area contributed by atoms with Crippen LogP contribution < -0.4 is 10.2 Å². The van der Waals surface area contributed by atoms with Crippen molar-refractivity contribution in [3.63, 3.8) is 0 Å². The smallest absolute Gasteiger partial charge is 0.146 e. The van der Waals surface area contributed by atoms with Gasteiger partial charge in [-0.3, -0.25) is 0 Å². The molecular weight excluding hydrogens is 263 g/mol. The molecule has 1 aliphatic heterocycles. The fraction of sp³-hybridized carbons (Fsp3) is 0.667. The summed E-state index contributed by atoms with van der Waals surface area (Å²) in [7, 11) is 0. The SMILES string of the molecule is CC1(C)CCN(c2c(F)cccc2CNC(C)(C)C)CC1. The number of nitrogens with one attached hydrogen (secondary N) is 1. The van der Waals surface area contributed by atoms with Gasteiger partial charge in [0.25, 0.3) is 0 Å². The van der Waals surface area contributed by atoms with Crippen molar-refractivity contribution in [1.29, 1.82) is 0 Å². The van der Waals surface area contributed by atoms with E-state index in [9.17, 15) is 4.39 Å². The van der Waals surface area contributed by atoms with Crippen LogP contribution in [-0.4, -0.2) is 18.6 Å². The highest BCUT2D eigenvalue weighted by atomic mass is 19.1. The number of anilines is 1. The summed E-state index contributed by atoms with van der Waals surface area (Å²) in [6, 6.07) is 5.43. The van der Waals surface area contributed by atoms with Crippen LogP contribution in [0.4, 0.5) is 10.1 Å². The Morgan fingerprint density at radius 1 is 1.19 bits per heavy atom. The van der Waals surface area contributed by atoms with Gasteiger partial charge in [-0.2, -0.15) is 0 Å². The van der Waals surface area contributed by atoms with E-state index >= 15 is 0 Å². The second-order valence-corrected chi connectivity index (χ2v) is 8.00. The number of hydrogen-bond acceptors (Lipinski definition) is 2. The molecule has 0 amide bonds. The fourth-order valence-electron chi connectivity index (χ4n) is 2.75. The molecule has 1 heterocycles. The van der Waals surface area contributed by atoms with Crippen molar-refractivity contribution in [2.24, 2.45) is 5.41 Å². The third-order valence-electron chi connectivity index (χ3n) is 4.31. The van der Waals surface area contributed by atoms with Crippen LogP contribution in [0, 0.1) is 11.2 Å². The van der Waals surface area contributed by atoms with Crippen LogP contribution in [0.5, 0.6) is 0 Å². The molecule has 21 heavy (non-hydrogen) atoms. The molecule has 1 aliphatic rings. The number of nitrogens with zero attached hydrogens (tertiary/aromatic N) is 1. The van der Waals surface area contributed by atoms with Crippen molar-refractivity contribution >= 4 is 5.69 Å². The molecule has 2 rings (SSSR count). The Morgan fingerprint density at radius 3 is 2.38 bits per heavy atom. The van der Waals surface area contributed by atoms with Crippen molar-refractivity contribution in [2.75, 3.05) is 18.0 Å². The van der Waals surface area contributed by atoms with Gasteiger partial charge in [-0.1, -0.05) is 26.0 Å². The van der Waals surface area contributed by atoms with Crippen molar-refractivity contribution in [2.45, 2.75) is 59.5 Å². The zero-order chi connectivity index (χ0) is 15.7.